The monoisotopic (exact) mass is 232 g/mol. The average Bonchev–Trinajstić information content (AvgIpc) is 2.77. The van der Waals surface area contributed by atoms with Crippen molar-refractivity contribution >= 4 is 5.97 Å². The summed E-state index contributed by atoms with van der Waals surface area (Å²) in [4.78, 5) is 10.8. The third kappa shape index (κ3) is 2.28. The predicted octanol–water partition coefficient (Wildman–Crippen LogP) is 1.77. The summed E-state index contributed by atoms with van der Waals surface area (Å²) in [6.45, 7) is 1.60. The molecule has 1 atom stereocenters. The number of aliphatic carboxylic acids is 1. The lowest BCUT2D eigenvalue weighted by Gasteiger charge is -2.02. The highest BCUT2D eigenvalue weighted by Crippen LogP contribution is 2.18. The first kappa shape index (κ1) is 11.2. The van der Waals surface area contributed by atoms with E-state index in [1.54, 1.807) is 37.4 Å². The summed E-state index contributed by atoms with van der Waals surface area (Å²) in [6, 6.07) is 6.60. The smallest absolute Gasteiger partial charge is 0.310 e. The summed E-state index contributed by atoms with van der Waals surface area (Å²) in [7, 11) is 0. The van der Waals surface area contributed by atoms with E-state index in [1.165, 1.54) is 10.9 Å². The van der Waals surface area contributed by atoms with Crippen LogP contribution in [0.5, 0.6) is 5.75 Å². The van der Waals surface area contributed by atoms with Crippen LogP contribution < -0.4 is 0 Å². The van der Waals surface area contributed by atoms with E-state index in [-0.39, 0.29) is 5.75 Å². The van der Waals surface area contributed by atoms with E-state index < -0.39 is 11.9 Å². The molecule has 0 aliphatic rings. The van der Waals surface area contributed by atoms with Crippen molar-refractivity contribution in [3.05, 3.63) is 42.2 Å². The van der Waals surface area contributed by atoms with E-state index in [1.807, 2.05) is 0 Å². The molecule has 0 aliphatic heterocycles. The molecule has 0 amide bonds. The minimum absolute atomic E-state index is 0.144. The summed E-state index contributed by atoms with van der Waals surface area (Å²) in [5.74, 6) is -1.34. The molecule has 2 rings (SSSR count). The maximum Gasteiger partial charge on any atom is 0.310 e. The fourth-order valence-electron chi connectivity index (χ4n) is 1.48. The summed E-state index contributed by atoms with van der Waals surface area (Å²) < 4.78 is 1.54. The van der Waals surface area contributed by atoms with Gasteiger partial charge in [-0.25, -0.2) is 4.68 Å². The van der Waals surface area contributed by atoms with E-state index in [0.29, 0.717) is 11.3 Å². The van der Waals surface area contributed by atoms with Crippen LogP contribution in [0.15, 0.2) is 36.7 Å². The van der Waals surface area contributed by atoms with Gasteiger partial charge in [-0.15, -0.1) is 0 Å². The molecule has 5 heteroatoms. The molecule has 2 N–H and O–H groups in total. The molecule has 0 fully saturated rings. The molecule has 0 bridgehead atoms. The first-order chi connectivity index (χ1) is 8.08. The molecule has 0 spiro atoms. The minimum atomic E-state index is -0.888. The van der Waals surface area contributed by atoms with Gasteiger partial charge in [0.1, 0.15) is 5.75 Å². The second-order valence-corrected chi connectivity index (χ2v) is 3.80. The zero-order valence-corrected chi connectivity index (χ0v) is 9.24. The lowest BCUT2D eigenvalue weighted by molar-refractivity contribution is -0.138. The third-order valence-corrected chi connectivity index (χ3v) is 2.57. The Kier molecular flexibility index (Phi) is 2.82. The Morgan fingerprint density at radius 3 is 2.88 bits per heavy atom. The number of benzene rings is 1. The van der Waals surface area contributed by atoms with Gasteiger partial charge in [-0.3, -0.25) is 4.79 Å². The Labute approximate surface area is 97.9 Å². The van der Waals surface area contributed by atoms with Crippen molar-refractivity contribution in [3.8, 4) is 11.4 Å². The Bertz CT molecular complexity index is 548. The number of phenolic OH excluding ortho intramolecular Hbond substituents is 1. The second-order valence-electron chi connectivity index (χ2n) is 3.80. The van der Waals surface area contributed by atoms with Crippen LogP contribution in [0.25, 0.3) is 5.69 Å². The van der Waals surface area contributed by atoms with E-state index in [4.69, 9.17) is 5.11 Å². The summed E-state index contributed by atoms with van der Waals surface area (Å²) in [5.41, 5.74) is 1.31. The number of aromatic nitrogens is 2. The Balaban J connectivity index is 2.33. The largest absolute Gasteiger partial charge is 0.508 e. The first-order valence-corrected chi connectivity index (χ1v) is 5.14. The van der Waals surface area contributed by atoms with Gasteiger partial charge >= 0.3 is 5.97 Å². The maximum atomic E-state index is 10.8. The van der Waals surface area contributed by atoms with Gasteiger partial charge < -0.3 is 10.2 Å². The van der Waals surface area contributed by atoms with Crippen molar-refractivity contribution < 1.29 is 15.0 Å². The Hall–Kier alpha value is -2.30. The summed E-state index contributed by atoms with van der Waals surface area (Å²) in [5, 5.41) is 22.3. The standard InChI is InChI=1S/C12H12N2O3/c1-8(12(16)17)9-6-13-14(7-9)10-3-2-4-11(15)5-10/h2-8,15H,1H3,(H,16,17). The van der Waals surface area contributed by atoms with Crippen molar-refractivity contribution in [1.29, 1.82) is 0 Å². The second kappa shape index (κ2) is 4.29. The number of hydrogen-bond acceptors (Lipinski definition) is 3. The quantitative estimate of drug-likeness (QED) is 0.845. The number of carbonyl (C=O) groups is 1. The maximum absolute atomic E-state index is 10.8. The summed E-state index contributed by atoms with van der Waals surface area (Å²) >= 11 is 0. The van der Waals surface area contributed by atoms with Crippen LogP contribution in [0, 0.1) is 0 Å². The Morgan fingerprint density at radius 1 is 1.47 bits per heavy atom. The lowest BCUT2D eigenvalue weighted by atomic mass is 10.1. The number of carboxylic acid groups (broad SMARTS) is 1. The lowest BCUT2D eigenvalue weighted by Crippen LogP contribution is -2.06. The number of hydrogen-bond donors (Lipinski definition) is 2. The highest BCUT2D eigenvalue weighted by atomic mass is 16.4. The van der Waals surface area contributed by atoms with Crippen LogP contribution in [0.4, 0.5) is 0 Å². The normalized spacial score (nSPS) is 12.3. The zero-order valence-electron chi connectivity index (χ0n) is 9.24. The number of rotatable bonds is 3. The van der Waals surface area contributed by atoms with Crippen LogP contribution in [0.2, 0.25) is 0 Å². The first-order valence-electron chi connectivity index (χ1n) is 5.14. The fourth-order valence-corrected chi connectivity index (χ4v) is 1.48. The molecule has 0 aliphatic carbocycles. The van der Waals surface area contributed by atoms with Gasteiger partial charge in [-0.05, 0) is 19.1 Å². The highest BCUT2D eigenvalue weighted by molar-refractivity contribution is 5.75. The highest BCUT2D eigenvalue weighted by Gasteiger charge is 2.15. The number of carboxylic acids is 1. The number of aromatic hydroxyl groups is 1. The van der Waals surface area contributed by atoms with Gasteiger partial charge in [-0.1, -0.05) is 6.07 Å². The molecule has 2 aromatic rings. The molecule has 1 unspecified atom stereocenters. The van der Waals surface area contributed by atoms with Crippen LogP contribution in [-0.2, 0) is 4.79 Å². The molecule has 0 radical (unpaired) electrons. The molecule has 17 heavy (non-hydrogen) atoms. The van der Waals surface area contributed by atoms with E-state index in [0.717, 1.165) is 0 Å². The van der Waals surface area contributed by atoms with Crippen molar-refractivity contribution in [2.45, 2.75) is 12.8 Å². The molecule has 0 saturated heterocycles. The van der Waals surface area contributed by atoms with Crippen molar-refractivity contribution in [1.82, 2.24) is 9.78 Å². The van der Waals surface area contributed by atoms with Gasteiger partial charge in [-0.2, -0.15) is 5.10 Å². The van der Waals surface area contributed by atoms with Crippen molar-refractivity contribution in [2.24, 2.45) is 0 Å². The topological polar surface area (TPSA) is 75.3 Å². The third-order valence-electron chi connectivity index (χ3n) is 2.57. The molecule has 88 valence electrons. The number of nitrogens with zero attached hydrogens (tertiary/aromatic N) is 2. The van der Waals surface area contributed by atoms with Crippen LogP contribution in [0.1, 0.15) is 18.4 Å². The molecule has 1 aromatic heterocycles. The molecule has 1 aromatic carbocycles. The van der Waals surface area contributed by atoms with Gasteiger partial charge in [0.05, 0.1) is 17.8 Å². The molecule has 5 nitrogen and oxygen atoms in total. The van der Waals surface area contributed by atoms with E-state index in [9.17, 15) is 9.90 Å². The van der Waals surface area contributed by atoms with Gasteiger partial charge in [0.25, 0.3) is 0 Å². The van der Waals surface area contributed by atoms with Gasteiger partial charge in [0, 0.05) is 17.8 Å². The zero-order chi connectivity index (χ0) is 12.4. The van der Waals surface area contributed by atoms with Crippen LogP contribution >= 0.6 is 0 Å². The molecular formula is C12H12N2O3. The predicted molar refractivity (Wildman–Crippen MR) is 61.3 cm³/mol. The van der Waals surface area contributed by atoms with Crippen LogP contribution in [-0.4, -0.2) is 26.0 Å². The minimum Gasteiger partial charge on any atom is -0.508 e. The van der Waals surface area contributed by atoms with Gasteiger partial charge in [0.15, 0.2) is 0 Å². The van der Waals surface area contributed by atoms with E-state index >= 15 is 0 Å². The Morgan fingerprint density at radius 2 is 2.24 bits per heavy atom. The van der Waals surface area contributed by atoms with Crippen molar-refractivity contribution in [2.75, 3.05) is 0 Å². The summed E-state index contributed by atoms with van der Waals surface area (Å²) in [6.07, 6.45) is 3.16. The molecule has 0 saturated carbocycles. The average molecular weight is 232 g/mol. The van der Waals surface area contributed by atoms with Crippen molar-refractivity contribution in [3.63, 3.8) is 0 Å². The van der Waals surface area contributed by atoms with E-state index in [2.05, 4.69) is 5.10 Å². The fraction of sp³-hybridized carbons (Fsp3) is 0.167. The SMILES string of the molecule is CC(C(=O)O)c1cnn(-c2cccc(O)c2)c1. The molecule has 1 heterocycles. The molecular weight excluding hydrogens is 220 g/mol. The number of phenols is 1. The van der Waals surface area contributed by atoms with Gasteiger partial charge in [0.2, 0.25) is 0 Å². The van der Waals surface area contributed by atoms with Crippen LogP contribution in [0.3, 0.4) is 0 Å².